The van der Waals surface area contributed by atoms with Crippen molar-refractivity contribution in [2.24, 2.45) is 0 Å². The number of nitrogens with one attached hydrogen (secondary N) is 1. The summed E-state index contributed by atoms with van der Waals surface area (Å²) in [5.41, 5.74) is 1.31. The molecule has 2 saturated carbocycles. The van der Waals surface area contributed by atoms with Crippen LogP contribution in [-0.4, -0.2) is 17.5 Å². The van der Waals surface area contributed by atoms with Crippen LogP contribution in [0.4, 0.5) is 17.6 Å². The minimum atomic E-state index is -4.86. The lowest BCUT2D eigenvalue weighted by Crippen LogP contribution is -2.19. The van der Waals surface area contributed by atoms with E-state index in [9.17, 15) is 22.4 Å². The minimum Gasteiger partial charge on any atom is -0.489 e. The topological polar surface area (TPSA) is 47.6 Å². The molecule has 4 nitrogen and oxygen atoms in total. The number of hydrogen-bond acceptors (Lipinski definition) is 4. The van der Waals surface area contributed by atoms with Crippen LogP contribution in [0.25, 0.3) is 0 Å². The van der Waals surface area contributed by atoms with Crippen LogP contribution in [0.5, 0.6) is 11.5 Å². The zero-order chi connectivity index (χ0) is 22.2. The molecule has 31 heavy (non-hydrogen) atoms. The predicted octanol–water partition coefficient (Wildman–Crippen LogP) is 6.37. The van der Waals surface area contributed by atoms with Gasteiger partial charge in [-0.3, -0.25) is 9.52 Å². The molecule has 0 atom stereocenters. The molecule has 2 fully saturated rings. The van der Waals surface area contributed by atoms with Crippen molar-refractivity contribution in [2.45, 2.75) is 49.8 Å². The number of benzene rings is 2. The van der Waals surface area contributed by atoms with E-state index in [1.807, 2.05) is 0 Å². The van der Waals surface area contributed by atoms with Crippen LogP contribution in [0.1, 0.15) is 53.1 Å². The van der Waals surface area contributed by atoms with E-state index >= 15 is 0 Å². The van der Waals surface area contributed by atoms with E-state index in [0.29, 0.717) is 10.8 Å². The summed E-state index contributed by atoms with van der Waals surface area (Å²) < 4.78 is 64.2. The lowest BCUT2D eigenvalue weighted by Gasteiger charge is -2.15. The average Bonchev–Trinajstić information content (AvgIpc) is 3.57. The molecule has 0 heterocycles. The van der Waals surface area contributed by atoms with Gasteiger partial charge in [0, 0.05) is 16.3 Å². The van der Waals surface area contributed by atoms with Crippen molar-refractivity contribution in [3.63, 3.8) is 0 Å². The van der Waals surface area contributed by atoms with Gasteiger partial charge in [0.1, 0.15) is 23.9 Å². The smallest absolute Gasteiger partial charge is 0.489 e. The van der Waals surface area contributed by atoms with E-state index in [1.54, 1.807) is 6.07 Å². The number of carbonyl (C=O) groups is 1. The first-order valence-electron chi connectivity index (χ1n) is 9.65. The van der Waals surface area contributed by atoms with Gasteiger partial charge in [0.05, 0.1) is 5.56 Å². The summed E-state index contributed by atoms with van der Waals surface area (Å²) in [5.74, 6) is -1.41. The Kier molecular flexibility index (Phi) is 6.25. The van der Waals surface area contributed by atoms with Gasteiger partial charge in [-0.2, -0.15) is 0 Å². The number of hydrogen-bond donors (Lipinski definition) is 1. The molecule has 4 rings (SSSR count). The molecule has 2 aromatic carbocycles. The molecular formula is C21H18ClF4NO3S. The van der Waals surface area contributed by atoms with Gasteiger partial charge in [-0.15, -0.1) is 13.2 Å². The number of amides is 1. The summed E-state index contributed by atoms with van der Waals surface area (Å²) in [6, 6.07) is 6.22. The quantitative estimate of drug-likeness (QED) is 0.356. The molecule has 166 valence electrons. The first kappa shape index (κ1) is 22.1. The zero-order valence-corrected chi connectivity index (χ0v) is 17.7. The third-order valence-corrected chi connectivity index (χ3v) is 6.13. The molecule has 0 saturated heterocycles. The van der Waals surface area contributed by atoms with Gasteiger partial charge in [0.25, 0.3) is 5.91 Å². The normalized spacial score (nSPS) is 16.2. The Morgan fingerprint density at radius 1 is 1.10 bits per heavy atom. The lowest BCUT2D eigenvalue weighted by atomic mass is 9.99. The second-order valence-electron chi connectivity index (χ2n) is 7.51. The Hall–Kier alpha value is -2.13. The predicted molar refractivity (Wildman–Crippen MR) is 109 cm³/mol. The Labute approximate surface area is 185 Å². The molecule has 2 aliphatic rings. The van der Waals surface area contributed by atoms with Gasteiger partial charge >= 0.3 is 6.36 Å². The van der Waals surface area contributed by atoms with E-state index in [2.05, 4.69) is 9.46 Å². The van der Waals surface area contributed by atoms with Crippen LogP contribution in [0.15, 0.2) is 30.3 Å². The molecule has 0 bridgehead atoms. The second kappa shape index (κ2) is 8.78. The monoisotopic (exact) mass is 475 g/mol. The fourth-order valence-corrected chi connectivity index (χ4v) is 4.03. The molecule has 10 heteroatoms. The van der Waals surface area contributed by atoms with Crippen molar-refractivity contribution < 1.29 is 31.8 Å². The number of alkyl halides is 3. The van der Waals surface area contributed by atoms with E-state index in [-0.39, 0.29) is 28.9 Å². The summed E-state index contributed by atoms with van der Waals surface area (Å²) in [4.78, 5) is 12.3. The Morgan fingerprint density at radius 3 is 2.45 bits per heavy atom. The van der Waals surface area contributed by atoms with Crippen LogP contribution >= 0.6 is 23.5 Å². The largest absolute Gasteiger partial charge is 0.573 e. The van der Waals surface area contributed by atoms with Crippen molar-refractivity contribution in [2.75, 3.05) is 0 Å². The van der Waals surface area contributed by atoms with Crippen molar-refractivity contribution in [1.82, 2.24) is 4.72 Å². The van der Waals surface area contributed by atoms with E-state index in [1.165, 1.54) is 24.1 Å². The average molecular weight is 476 g/mol. The summed E-state index contributed by atoms with van der Waals surface area (Å²) >= 11 is 7.16. The third kappa shape index (κ3) is 6.20. The molecule has 1 N–H and O–H groups in total. The maximum Gasteiger partial charge on any atom is 0.573 e. The van der Waals surface area contributed by atoms with E-state index < -0.39 is 23.8 Å². The van der Waals surface area contributed by atoms with Crippen LogP contribution in [-0.2, 0) is 6.61 Å². The molecule has 0 radical (unpaired) electrons. The first-order valence-corrected chi connectivity index (χ1v) is 10.9. The molecule has 0 spiro atoms. The highest BCUT2D eigenvalue weighted by Gasteiger charge is 2.32. The highest BCUT2D eigenvalue weighted by molar-refractivity contribution is 7.98. The number of ether oxygens (including phenoxy) is 2. The van der Waals surface area contributed by atoms with Crippen LogP contribution in [0, 0.1) is 5.82 Å². The van der Waals surface area contributed by atoms with Gasteiger partial charge in [-0.25, -0.2) is 4.39 Å². The molecule has 0 unspecified atom stereocenters. The van der Waals surface area contributed by atoms with E-state index in [4.69, 9.17) is 16.3 Å². The Morgan fingerprint density at radius 2 is 1.81 bits per heavy atom. The second-order valence-corrected chi connectivity index (χ2v) is 9.06. The third-order valence-electron chi connectivity index (χ3n) is 4.81. The van der Waals surface area contributed by atoms with Crippen molar-refractivity contribution in [3.8, 4) is 11.5 Å². The van der Waals surface area contributed by atoms with Crippen LogP contribution in [0.2, 0.25) is 5.02 Å². The fourth-order valence-electron chi connectivity index (χ4n) is 3.06. The maximum atomic E-state index is 14.7. The highest BCUT2D eigenvalue weighted by atomic mass is 35.5. The molecule has 0 aromatic heterocycles. The summed E-state index contributed by atoms with van der Waals surface area (Å²) in [6.07, 6.45) is -0.959. The summed E-state index contributed by atoms with van der Waals surface area (Å²) in [5, 5.41) is 0.400. The van der Waals surface area contributed by atoms with E-state index in [0.717, 1.165) is 43.4 Å². The van der Waals surface area contributed by atoms with Gasteiger partial charge in [-0.1, -0.05) is 11.6 Å². The molecule has 0 aliphatic heterocycles. The van der Waals surface area contributed by atoms with Crippen LogP contribution < -0.4 is 14.2 Å². The van der Waals surface area contributed by atoms with Gasteiger partial charge < -0.3 is 9.47 Å². The fraction of sp³-hybridized carbons (Fsp3) is 0.381. The maximum absolute atomic E-state index is 14.7. The molecular weight excluding hydrogens is 458 g/mol. The van der Waals surface area contributed by atoms with Crippen LogP contribution in [0.3, 0.4) is 0 Å². The summed E-state index contributed by atoms with van der Waals surface area (Å²) in [6.45, 7) is -0.0900. The zero-order valence-electron chi connectivity index (χ0n) is 16.1. The standard InChI is InChI=1S/C21H18ClF4NO3S/c22-13-6-14(8-15(7-13)30-21(24,25)26)29-10-12-5-19(23)18(9-17(12)11-1-2-11)20(28)27-31-16-3-4-16/h5-9,11,16H,1-4,10H2,(H,27,28). The van der Waals surface area contributed by atoms with Crippen molar-refractivity contribution >= 4 is 29.5 Å². The highest BCUT2D eigenvalue weighted by Crippen LogP contribution is 2.43. The minimum absolute atomic E-state index is 0.00512. The SMILES string of the molecule is O=C(NSC1CC1)c1cc(C2CC2)c(COc2cc(Cl)cc(OC(F)(F)F)c2)cc1F. The van der Waals surface area contributed by atoms with Crippen molar-refractivity contribution in [3.05, 3.63) is 57.9 Å². The Balaban J connectivity index is 1.50. The Bertz CT molecular complexity index is 993. The summed E-state index contributed by atoms with van der Waals surface area (Å²) in [7, 11) is 0. The number of rotatable bonds is 8. The number of halogens is 5. The van der Waals surface area contributed by atoms with Gasteiger partial charge in [0.2, 0.25) is 0 Å². The first-order chi connectivity index (χ1) is 14.7. The number of carbonyl (C=O) groups excluding carboxylic acids is 1. The lowest BCUT2D eigenvalue weighted by molar-refractivity contribution is -0.274. The molecule has 2 aliphatic carbocycles. The molecule has 1 amide bonds. The molecule has 2 aromatic rings. The van der Waals surface area contributed by atoms with Gasteiger partial charge in [0.15, 0.2) is 0 Å². The van der Waals surface area contributed by atoms with Gasteiger partial charge in [-0.05, 0) is 78.9 Å². The van der Waals surface area contributed by atoms with Crippen molar-refractivity contribution in [1.29, 1.82) is 0 Å².